The van der Waals surface area contributed by atoms with E-state index in [0.29, 0.717) is 11.3 Å². The van der Waals surface area contributed by atoms with E-state index in [-0.39, 0.29) is 11.9 Å². The van der Waals surface area contributed by atoms with Gasteiger partial charge in [0.15, 0.2) is 0 Å². The Morgan fingerprint density at radius 3 is 2.32 bits per heavy atom. The standard InChI is InChI=1S/C16H15FO2/c1-12(19-16-8-6-15(17)7-9-16)10-13-2-4-14(11-18)5-3-13/h2-9,11-12H,10H2,1H3. The van der Waals surface area contributed by atoms with Crippen molar-refractivity contribution in [1.29, 1.82) is 0 Å². The first-order chi connectivity index (χ1) is 9.17. The van der Waals surface area contributed by atoms with Crippen LogP contribution in [-0.4, -0.2) is 12.4 Å². The van der Waals surface area contributed by atoms with Gasteiger partial charge in [-0.1, -0.05) is 24.3 Å². The molecule has 0 aromatic heterocycles. The summed E-state index contributed by atoms with van der Waals surface area (Å²) in [6, 6.07) is 13.4. The lowest BCUT2D eigenvalue weighted by Crippen LogP contribution is -2.15. The number of benzene rings is 2. The Morgan fingerprint density at radius 1 is 1.11 bits per heavy atom. The summed E-state index contributed by atoms with van der Waals surface area (Å²) in [5.74, 6) is 0.378. The summed E-state index contributed by atoms with van der Waals surface area (Å²) in [5.41, 5.74) is 1.76. The summed E-state index contributed by atoms with van der Waals surface area (Å²) in [6.07, 6.45) is 1.53. The molecule has 0 heterocycles. The molecule has 3 heteroatoms. The van der Waals surface area contributed by atoms with E-state index in [9.17, 15) is 9.18 Å². The van der Waals surface area contributed by atoms with Gasteiger partial charge in [-0.25, -0.2) is 4.39 Å². The topological polar surface area (TPSA) is 26.3 Å². The SMILES string of the molecule is CC(Cc1ccc(C=O)cc1)Oc1ccc(F)cc1. The molecule has 0 amide bonds. The minimum Gasteiger partial charge on any atom is -0.490 e. The van der Waals surface area contributed by atoms with Crippen LogP contribution in [0.2, 0.25) is 0 Å². The summed E-state index contributed by atoms with van der Waals surface area (Å²) in [5, 5.41) is 0. The predicted octanol–water partition coefficient (Wildman–Crippen LogP) is 3.65. The van der Waals surface area contributed by atoms with Gasteiger partial charge < -0.3 is 4.74 Å². The zero-order valence-corrected chi connectivity index (χ0v) is 10.7. The van der Waals surface area contributed by atoms with E-state index in [1.54, 1.807) is 24.3 Å². The van der Waals surface area contributed by atoms with Crippen molar-refractivity contribution in [2.75, 3.05) is 0 Å². The molecule has 98 valence electrons. The van der Waals surface area contributed by atoms with Crippen LogP contribution in [0, 0.1) is 5.82 Å². The molecule has 19 heavy (non-hydrogen) atoms. The number of ether oxygens (including phenoxy) is 1. The van der Waals surface area contributed by atoms with Gasteiger partial charge in [-0.2, -0.15) is 0 Å². The van der Waals surface area contributed by atoms with Gasteiger partial charge >= 0.3 is 0 Å². The van der Waals surface area contributed by atoms with Crippen molar-refractivity contribution in [2.24, 2.45) is 0 Å². The molecular weight excluding hydrogens is 243 g/mol. The summed E-state index contributed by atoms with van der Waals surface area (Å²) >= 11 is 0. The number of aldehydes is 1. The van der Waals surface area contributed by atoms with Crippen LogP contribution in [0.1, 0.15) is 22.8 Å². The zero-order chi connectivity index (χ0) is 13.7. The van der Waals surface area contributed by atoms with Crippen LogP contribution in [0.4, 0.5) is 4.39 Å². The van der Waals surface area contributed by atoms with Gasteiger partial charge in [0.2, 0.25) is 0 Å². The highest BCUT2D eigenvalue weighted by molar-refractivity contribution is 5.74. The average molecular weight is 258 g/mol. The lowest BCUT2D eigenvalue weighted by Gasteiger charge is -2.14. The maximum Gasteiger partial charge on any atom is 0.150 e. The fraction of sp³-hybridized carbons (Fsp3) is 0.188. The molecule has 0 radical (unpaired) electrons. The zero-order valence-electron chi connectivity index (χ0n) is 10.7. The van der Waals surface area contributed by atoms with Gasteiger partial charge in [0.1, 0.15) is 17.9 Å². The average Bonchev–Trinajstić information content (AvgIpc) is 2.42. The smallest absolute Gasteiger partial charge is 0.150 e. The van der Waals surface area contributed by atoms with Gasteiger partial charge in [-0.05, 0) is 36.8 Å². The minimum absolute atomic E-state index is 0.0208. The number of hydrogen-bond acceptors (Lipinski definition) is 2. The molecule has 0 saturated heterocycles. The second kappa shape index (κ2) is 6.14. The Labute approximate surface area is 111 Å². The molecule has 2 aromatic rings. The summed E-state index contributed by atoms with van der Waals surface area (Å²) in [6.45, 7) is 1.96. The fourth-order valence-corrected chi connectivity index (χ4v) is 1.85. The van der Waals surface area contributed by atoms with Crippen LogP contribution in [0.5, 0.6) is 5.75 Å². The molecule has 0 spiro atoms. The lowest BCUT2D eigenvalue weighted by molar-refractivity contribution is 0.112. The molecule has 0 bridgehead atoms. The van der Waals surface area contributed by atoms with Crippen molar-refractivity contribution < 1.29 is 13.9 Å². The fourth-order valence-electron chi connectivity index (χ4n) is 1.85. The predicted molar refractivity (Wildman–Crippen MR) is 72.0 cm³/mol. The van der Waals surface area contributed by atoms with Gasteiger partial charge in [-0.3, -0.25) is 4.79 Å². The van der Waals surface area contributed by atoms with Crippen molar-refractivity contribution >= 4 is 6.29 Å². The van der Waals surface area contributed by atoms with Gasteiger partial charge in [0.25, 0.3) is 0 Å². The van der Waals surface area contributed by atoms with Crippen LogP contribution < -0.4 is 4.74 Å². The molecule has 1 atom stereocenters. The molecule has 0 N–H and O–H groups in total. The maximum atomic E-state index is 12.8. The second-order valence-electron chi connectivity index (χ2n) is 4.45. The highest BCUT2D eigenvalue weighted by atomic mass is 19.1. The number of carbonyl (C=O) groups is 1. The third-order valence-corrected chi connectivity index (χ3v) is 2.79. The molecule has 0 fully saturated rings. The van der Waals surface area contributed by atoms with E-state index >= 15 is 0 Å². The largest absolute Gasteiger partial charge is 0.490 e. The first-order valence-electron chi connectivity index (χ1n) is 6.14. The maximum absolute atomic E-state index is 12.8. The van der Waals surface area contributed by atoms with E-state index in [2.05, 4.69) is 0 Å². The molecule has 0 saturated carbocycles. The monoisotopic (exact) mass is 258 g/mol. The van der Waals surface area contributed by atoms with Gasteiger partial charge in [0.05, 0.1) is 6.10 Å². The number of halogens is 1. The summed E-state index contributed by atoms with van der Waals surface area (Å²) < 4.78 is 18.5. The summed E-state index contributed by atoms with van der Waals surface area (Å²) in [7, 11) is 0. The number of carbonyl (C=O) groups excluding carboxylic acids is 1. The van der Waals surface area contributed by atoms with E-state index in [1.165, 1.54) is 12.1 Å². The molecule has 0 aliphatic rings. The quantitative estimate of drug-likeness (QED) is 0.765. The molecule has 0 aliphatic carbocycles. The Bertz CT molecular complexity index is 532. The van der Waals surface area contributed by atoms with E-state index in [0.717, 1.165) is 18.3 Å². The van der Waals surface area contributed by atoms with Gasteiger partial charge in [-0.15, -0.1) is 0 Å². The minimum atomic E-state index is -0.274. The third-order valence-electron chi connectivity index (χ3n) is 2.79. The number of hydrogen-bond donors (Lipinski definition) is 0. The Kier molecular flexibility index (Phi) is 4.29. The highest BCUT2D eigenvalue weighted by Gasteiger charge is 2.06. The van der Waals surface area contributed by atoms with Crippen LogP contribution in [0.25, 0.3) is 0 Å². The second-order valence-corrected chi connectivity index (χ2v) is 4.45. The normalized spacial score (nSPS) is 11.9. The van der Waals surface area contributed by atoms with Crippen molar-refractivity contribution in [3.05, 3.63) is 65.5 Å². The molecule has 0 aliphatic heterocycles. The first kappa shape index (κ1) is 13.3. The summed E-state index contributed by atoms with van der Waals surface area (Å²) in [4.78, 5) is 10.6. The Morgan fingerprint density at radius 2 is 1.74 bits per heavy atom. The van der Waals surface area contributed by atoms with E-state index < -0.39 is 0 Å². The Balaban J connectivity index is 1.94. The van der Waals surface area contributed by atoms with Gasteiger partial charge in [0, 0.05) is 12.0 Å². The third kappa shape index (κ3) is 3.91. The number of rotatable bonds is 5. The van der Waals surface area contributed by atoms with E-state index in [4.69, 9.17) is 4.74 Å². The van der Waals surface area contributed by atoms with Crippen molar-refractivity contribution in [3.8, 4) is 5.75 Å². The molecule has 2 nitrogen and oxygen atoms in total. The van der Waals surface area contributed by atoms with Crippen molar-refractivity contribution in [2.45, 2.75) is 19.4 Å². The first-order valence-corrected chi connectivity index (χ1v) is 6.14. The van der Waals surface area contributed by atoms with Crippen molar-refractivity contribution in [1.82, 2.24) is 0 Å². The molecule has 2 rings (SSSR count). The van der Waals surface area contributed by atoms with E-state index in [1.807, 2.05) is 19.1 Å². The molecule has 1 unspecified atom stereocenters. The van der Waals surface area contributed by atoms with Crippen LogP contribution in [0.15, 0.2) is 48.5 Å². The van der Waals surface area contributed by atoms with Crippen LogP contribution in [-0.2, 0) is 6.42 Å². The molecule has 2 aromatic carbocycles. The van der Waals surface area contributed by atoms with Crippen LogP contribution >= 0.6 is 0 Å². The van der Waals surface area contributed by atoms with Crippen LogP contribution in [0.3, 0.4) is 0 Å². The molecular formula is C16H15FO2. The lowest BCUT2D eigenvalue weighted by atomic mass is 10.1. The Hall–Kier alpha value is -2.16. The highest BCUT2D eigenvalue weighted by Crippen LogP contribution is 2.15. The van der Waals surface area contributed by atoms with Crippen molar-refractivity contribution in [3.63, 3.8) is 0 Å².